The van der Waals surface area contributed by atoms with Gasteiger partial charge in [-0.3, -0.25) is 14.6 Å². The highest BCUT2D eigenvalue weighted by molar-refractivity contribution is 6.25. The molecular formula is C24H21N3O4. The molecule has 7 heteroatoms. The topological polar surface area (TPSA) is 82.1 Å². The summed E-state index contributed by atoms with van der Waals surface area (Å²) in [6.45, 7) is 0. The number of phenolic OH excluding ortho intramolecular Hbond substituents is 1. The molecule has 2 amide bonds. The molecule has 3 aromatic carbocycles. The molecule has 3 unspecified atom stereocenters. The van der Waals surface area contributed by atoms with E-state index in [0.29, 0.717) is 11.4 Å². The van der Waals surface area contributed by atoms with Crippen LogP contribution in [-0.2, 0) is 9.59 Å². The van der Waals surface area contributed by atoms with Crippen LogP contribution in [0.3, 0.4) is 0 Å². The number of amides is 2. The van der Waals surface area contributed by atoms with Gasteiger partial charge in [-0.1, -0.05) is 30.3 Å². The van der Waals surface area contributed by atoms with Gasteiger partial charge in [-0.05, 0) is 54.1 Å². The maximum Gasteiger partial charge on any atom is 0.258 e. The molecule has 2 N–H and O–H groups in total. The summed E-state index contributed by atoms with van der Waals surface area (Å²) in [4.78, 5) is 28.3. The van der Waals surface area contributed by atoms with Crippen molar-refractivity contribution in [2.75, 3.05) is 17.0 Å². The second kappa shape index (κ2) is 7.45. The molecular weight excluding hydrogens is 394 g/mol. The number of benzene rings is 3. The monoisotopic (exact) mass is 415 g/mol. The Morgan fingerprint density at radius 2 is 1.52 bits per heavy atom. The Labute approximate surface area is 179 Å². The first-order valence-corrected chi connectivity index (χ1v) is 10.00. The van der Waals surface area contributed by atoms with Crippen LogP contribution in [0.15, 0.2) is 78.9 Å². The molecule has 2 aliphatic rings. The summed E-state index contributed by atoms with van der Waals surface area (Å²) in [7, 11) is 1.57. The third-order valence-corrected chi connectivity index (χ3v) is 5.85. The number of hydrogen-bond donors (Lipinski definition) is 2. The van der Waals surface area contributed by atoms with Gasteiger partial charge in [-0.15, -0.1) is 0 Å². The molecule has 2 aliphatic heterocycles. The highest BCUT2D eigenvalue weighted by Gasteiger charge is 2.59. The number of nitrogens with one attached hydrogen (secondary N) is 1. The van der Waals surface area contributed by atoms with Crippen LogP contribution in [-0.4, -0.2) is 30.1 Å². The number of anilines is 2. The zero-order valence-electron chi connectivity index (χ0n) is 16.8. The fourth-order valence-corrected chi connectivity index (χ4v) is 4.36. The largest absolute Gasteiger partial charge is 0.508 e. The number of methoxy groups -OCH3 is 1. The lowest BCUT2D eigenvalue weighted by molar-refractivity contribution is -0.122. The van der Waals surface area contributed by atoms with Crippen LogP contribution in [0.25, 0.3) is 0 Å². The van der Waals surface area contributed by atoms with Crippen LogP contribution in [0.4, 0.5) is 11.4 Å². The third-order valence-electron chi connectivity index (χ3n) is 5.85. The van der Waals surface area contributed by atoms with Gasteiger partial charge in [-0.25, -0.2) is 10.3 Å². The van der Waals surface area contributed by atoms with E-state index < -0.39 is 18.0 Å². The van der Waals surface area contributed by atoms with Crippen molar-refractivity contribution in [3.8, 4) is 11.5 Å². The minimum atomic E-state index is -0.684. The molecule has 3 aromatic rings. The molecule has 2 fully saturated rings. The average molecular weight is 415 g/mol. The van der Waals surface area contributed by atoms with Gasteiger partial charge in [0.15, 0.2) is 0 Å². The molecule has 5 rings (SSSR count). The van der Waals surface area contributed by atoms with Crippen LogP contribution >= 0.6 is 0 Å². The Morgan fingerprint density at radius 1 is 0.839 bits per heavy atom. The summed E-state index contributed by atoms with van der Waals surface area (Å²) >= 11 is 0. The lowest BCUT2D eigenvalue weighted by Crippen LogP contribution is -2.45. The van der Waals surface area contributed by atoms with Gasteiger partial charge in [0.2, 0.25) is 5.91 Å². The fourth-order valence-electron chi connectivity index (χ4n) is 4.36. The van der Waals surface area contributed by atoms with E-state index in [4.69, 9.17) is 4.74 Å². The number of nitrogens with zero attached hydrogens (tertiary/aromatic N) is 2. The molecule has 0 bridgehead atoms. The molecule has 2 saturated heterocycles. The number of rotatable bonds is 4. The fraction of sp³-hybridized carbons (Fsp3) is 0.167. The Hall–Kier alpha value is -3.84. The molecule has 0 aromatic heterocycles. The van der Waals surface area contributed by atoms with E-state index in [-0.39, 0.29) is 17.6 Å². The van der Waals surface area contributed by atoms with Crippen LogP contribution in [0.1, 0.15) is 11.6 Å². The number of hydrogen-bond acceptors (Lipinski definition) is 6. The summed E-state index contributed by atoms with van der Waals surface area (Å²) in [5, 5.41) is 11.5. The van der Waals surface area contributed by atoms with Crippen molar-refractivity contribution in [3.05, 3.63) is 84.4 Å². The summed E-state index contributed by atoms with van der Waals surface area (Å²) in [5.41, 5.74) is 5.50. The number of hydrazine groups is 1. The minimum absolute atomic E-state index is 0.145. The highest BCUT2D eigenvalue weighted by atomic mass is 16.5. The van der Waals surface area contributed by atoms with Gasteiger partial charge in [0, 0.05) is 0 Å². The van der Waals surface area contributed by atoms with Gasteiger partial charge in [0.05, 0.1) is 30.4 Å². The van der Waals surface area contributed by atoms with Crippen LogP contribution < -0.4 is 20.1 Å². The predicted octanol–water partition coefficient (Wildman–Crippen LogP) is 3.02. The molecule has 0 spiro atoms. The van der Waals surface area contributed by atoms with Gasteiger partial charge < -0.3 is 9.84 Å². The standard InChI is InChI=1S/C24H21N3O4/c1-31-19-13-9-16(10-14-19)26-23(29)20-21(15-7-11-18(28)12-8-15)25-27(22(20)24(26)30)17-5-3-2-4-6-17/h2-14,20-22,25,28H,1H3. The minimum Gasteiger partial charge on any atom is -0.508 e. The van der Waals surface area contributed by atoms with Crippen molar-refractivity contribution >= 4 is 23.2 Å². The highest BCUT2D eigenvalue weighted by Crippen LogP contribution is 2.43. The van der Waals surface area contributed by atoms with Gasteiger partial charge in [0.25, 0.3) is 5.91 Å². The Bertz CT molecular complexity index is 1120. The smallest absolute Gasteiger partial charge is 0.258 e. The van der Waals surface area contributed by atoms with Crippen LogP contribution in [0, 0.1) is 5.92 Å². The Morgan fingerprint density at radius 3 is 2.16 bits per heavy atom. The summed E-state index contributed by atoms with van der Waals surface area (Å²) in [5.74, 6) is -0.356. The number of imide groups is 1. The lowest BCUT2D eigenvalue weighted by Gasteiger charge is -2.26. The zero-order valence-corrected chi connectivity index (χ0v) is 16.8. The van der Waals surface area contributed by atoms with Crippen molar-refractivity contribution in [1.82, 2.24) is 5.43 Å². The maximum atomic E-state index is 13.5. The molecule has 2 heterocycles. The number of phenols is 1. The molecule has 0 saturated carbocycles. The van der Waals surface area contributed by atoms with E-state index in [9.17, 15) is 14.7 Å². The normalized spacial score (nSPS) is 22.7. The molecule has 31 heavy (non-hydrogen) atoms. The first kappa shape index (κ1) is 19.1. The first-order chi connectivity index (χ1) is 15.1. The van der Waals surface area contributed by atoms with E-state index in [1.165, 1.54) is 4.90 Å². The quantitative estimate of drug-likeness (QED) is 0.638. The Balaban J connectivity index is 1.57. The average Bonchev–Trinajstić information content (AvgIpc) is 3.32. The van der Waals surface area contributed by atoms with E-state index in [1.807, 2.05) is 30.3 Å². The molecule has 0 radical (unpaired) electrons. The molecule has 0 aliphatic carbocycles. The van der Waals surface area contributed by atoms with Crippen molar-refractivity contribution in [2.24, 2.45) is 5.92 Å². The second-order valence-corrected chi connectivity index (χ2v) is 7.58. The molecule has 3 atom stereocenters. The Kier molecular flexibility index (Phi) is 4.60. The second-order valence-electron chi connectivity index (χ2n) is 7.58. The first-order valence-electron chi connectivity index (χ1n) is 10.00. The number of carbonyl (C=O) groups is 2. The van der Waals surface area contributed by atoms with E-state index in [2.05, 4.69) is 5.43 Å². The van der Waals surface area contributed by atoms with Crippen molar-refractivity contribution in [2.45, 2.75) is 12.1 Å². The number of ether oxygens (including phenoxy) is 1. The van der Waals surface area contributed by atoms with Crippen molar-refractivity contribution in [3.63, 3.8) is 0 Å². The molecule has 7 nitrogen and oxygen atoms in total. The van der Waals surface area contributed by atoms with Crippen molar-refractivity contribution < 1.29 is 19.4 Å². The van der Waals surface area contributed by atoms with Gasteiger partial charge in [-0.2, -0.15) is 0 Å². The van der Waals surface area contributed by atoms with Crippen LogP contribution in [0.2, 0.25) is 0 Å². The summed E-state index contributed by atoms with van der Waals surface area (Å²) in [6, 6.07) is 22.0. The molecule has 156 valence electrons. The lowest BCUT2D eigenvalue weighted by atomic mass is 9.91. The SMILES string of the molecule is COc1ccc(N2C(=O)C3C(c4ccc(O)cc4)NN(c4ccccc4)C3C2=O)cc1. The number of carbonyl (C=O) groups excluding carboxylic acids is 2. The van der Waals surface area contributed by atoms with Gasteiger partial charge in [0.1, 0.15) is 17.5 Å². The summed E-state index contributed by atoms with van der Waals surface area (Å²) in [6.07, 6.45) is 0. The predicted molar refractivity (Wildman–Crippen MR) is 116 cm³/mol. The van der Waals surface area contributed by atoms with E-state index in [1.54, 1.807) is 60.6 Å². The van der Waals surface area contributed by atoms with Crippen molar-refractivity contribution in [1.29, 1.82) is 0 Å². The number of fused-ring (bicyclic) bond motifs is 1. The number of aromatic hydroxyl groups is 1. The third kappa shape index (κ3) is 3.10. The number of para-hydroxylation sites is 1. The van der Waals surface area contributed by atoms with Crippen LogP contribution in [0.5, 0.6) is 11.5 Å². The summed E-state index contributed by atoms with van der Waals surface area (Å²) < 4.78 is 5.19. The zero-order chi connectivity index (χ0) is 21.5. The van der Waals surface area contributed by atoms with E-state index in [0.717, 1.165) is 11.3 Å². The maximum absolute atomic E-state index is 13.5. The van der Waals surface area contributed by atoms with Gasteiger partial charge >= 0.3 is 0 Å². The van der Waals surface area contributed by atoms with E-state index >= 15 is 0 Å².